The number of hydrogen-bond acceptors (Lipinski definition) is 7. The summed E-state index contributed by atoms with van der Waals surface area (Å²) in [6, 6.07) is 10.8. The van der Waals surface area contributed by atoms with Crippen LogP contribution < -0.4 is 11.3 Å². The van der Waals surface area contributed by atoms with Crippen molar-refractivity contribution in [1.82, 2.24) is 20.1 Å². The van der Waals surface area contributed by atoms with Gasteiger partial charge in [0.15, 0.2) is 13.2 Å². The smallest absolute Gasteiger partial charge is 0.162 e. The molecule has 3 fully saturated rings. The molecule has 0 amide bonds. The van der Waals surface area contributed by atoms with Crippen molar-refractivity contribution in [2.75, 3.05) is 65.7 Å². The lowest BCUT2D eigenvalue weighted by molar-refractivity contribution is -0.0758. The van der Waals surface area contributed by atoms with Gasteiger partial charge in [-0.1, -0.05) is 43.0 Å². The summed E-state index contributed by atoms with van der Waals surface area (Å²) >= 11 is 0. The number of benzene rings is 1. The van der Waals surface area contributed by atoms with Gasteiger partial charge in [0.2, 0.25) is 0 Å². The number of ether oxygens (including phenoxy) is 2. The molecule has 8 nitrogen and oxygen atoms in total. The van der Waals surface area contributed by atoms with Crippen molar-refractivity contribution >= 4 is 5.84 Å². The lowest BCUT2D eigenvalue weighted by Gasteiger charge is -2.46. The molecule has 4 heterocycles. The van der Waals surface area contributed by atoms with E-state index in [0.29, 0.717) is 5.92 Å². The van der Waals surface area contributed by atoms with Crippen LogP contribution in [0.25, 0.3) is 0 Å². The fourth-order valence-corrected chi connectivity index (χ4v) is 5.95. The molecule has 0 bridgehead atoms. The maximum Gasteiger partial charge on any atom is 0.162 e. The van der Waals surface area contributed by atoms with Crippen molar-refractivity contribution in [1.29, 1.82) is 0 Å². The van der Waals surface area contributed by atoms with E-state index in [9.17, 15) is 0 Å². The van der Waals surface area contributed by atoms with Gasteiger partial charge in [-0.2, -0.15) is 0 Å². The highest BCUT2D eigenvalue weighted by Crippen LogP contribution is 2.33. The highest BCUT2D eigenvalue weighted by Gasteiger charge is 2.40. The number of piperidine rings is 1. The first-order chi connectivity index (χ1) is 17.3. The second-order valence-corrected chi connectivity index (χ2v) is 9.94. The van der Waals surface area contributed by atoms with Gasteiger partial charge in [0, 0.05) is 37.4 Å². The molecular weight excluding hydrogens is 440 g/mol. The van der Waals surface area contributed by atoms with Gasteiger partial charge in [-0.25, -0.2) is 10.4 Å². The Morgan fingerprint density at radius 1 is 1.03 bits per heavy atom. The number of likely N-dealkylation sites (tertiary alicyclic amines) is 1. The summed E-state index contributed by atoms with van der Waals surface area (Å²) in [5.41, 5.74) is 6.98. The third-order valence-electron chi connectivity index (χ3n) is 7.85. The Morgan fingerprint density at radius 2 is 1.74 bits per heavy atom. The molecule has 35 heavy (non-hydrogen) atoms. The normalized spacial score (nSPS) is 27.2. The minimum atomic E-state index is -0.0787. The molecule has 1 aromatic rings. The second-order valence-electron chi connectivity index (χ2n) is 9.94. The van der Waals surface area contributed by atoms with Crippen LogP contribution in [0, 0.1) is 5.92 Å². The molecule has 0 aromatic heterocycles. The Balaban J connectivity index is 1.41. The predicted molar refractivity (Wildman–Crippen MR) is 140 cm³/mol. The number of hydrogen-bond donors (Lipinski definition) is 2. The van der Waals surface area contributed by atoms with Gasteiger partial charge in [-0.3, -0.25) is 10.7 Å². The van der Waals surface area contributed by atoms with Crippen LogP contribution in [0.1, 0.15) is 18.4 Å². The van der Waals surface area contributed by atoms with E-state index in [-0.39, 0.29) is 12.2 Å². The number of dihydropyridines is 1. The standard InChI is InChI=1S/C27H40N6O2/c1-2-23-25(31-10-8-22(9-11-31)20-21-6-4-3-5-7-21)24(30-28)27(33-14-18-35-19-15-33)29-26(23)32-12-16-34-17-13-32/h2-7,22,24,27,30H,1,8-20,28H2/p+1. The van der Waals surface area contributed by atoms with Crippen molar-refractivity contribution in [3.8, 4) is 0 Å². The third-order valence-corrected chi connectivity index (χ3v) is 7.85. The van der Waals surface area contributed by atoms with Crippen LogP contribution in [0.5, 0.6) is 0 Å². The van der Waals surface area contributed by atoms with Gasteiger partial charge >= 0.3 is 0 Å². The van der Waals surface area contributed by atoms with Gasteiger partial charge in [-0.15, -0.1) is 0 Å². The molecule has 0 saturated carbocycles. The largest absolute Gasteiger partial charge is 0.431 e. The summed E-state index contributed by atoms with van der Waals surface area (Å²) in [5.74, 6) is 8.03. The summed E-state index contributed by atoms with van der Waals surface area (Å²) in [6.45, 7) is 13.0. The Morgan fingerprint density at radius 3 is 2.40 bits per heavy atom. The van der Waals surface area contributed by atoms with E-state index in [1.165, 1.54) is 24.1 Å². The number of nitrogens with one attached hydrogen (secondary N) is 1. The quantitative estimate of drug-likeness (QED) is 0.360. The van der Waals surface area contributed by atoms with Crippen LogP contribution >= 0.6 is 0 Å². The van der Waals surface area contributed by atoms with Crippen molar-refractivity contribution in [3.63, 3.8) is 0 Å². The molecule has 5 rings (SSSR count). The second kappa shape index (κ2) is 11.7. The van der Waals surface area contributed by atoms with E-state index >= 15 is 0 Å². The lowest BCUT2D eigenvalue weighted by atomic mass is 9.88. The molecule has 0 spiro atoms. The van der Waals surface area contributed by atoms with Crippen LogP contribution in [0.2, 0.25) is 0 Å². The number of rotatable bonds is 6. The Bertz CT molecular complexity index is 900. The van der Waals surface area contributed by atoms with Crippen molar-refractivity contribution < 1.29 is 9.47 Å². The molecule has 0 radical (unpaired) electrons. The van der Waals surface area contributed by atoms with Gasteiger partial charge in [-0.05, 0) is 30.7 Å². The molecule has 8 heteroatoms. The Labute approximate surface area is 209 Å². The molecule has 4 aliphatic rings. The van der Waals surface area contributed by atoms with E-state index in [4.69, 9.17) is 15.6 Å². The number of aliphatic hydroxyl groups is 2. The van der Waals surface area contributed by atoms with E-state index in [0.717, 1.165) is 83.5 Å². The molecule has 4 N–H and O–H groups in total. The number of nitrogens with zero attached hydrogens (tertiary/aromatic N) is 4. The molecule has 0 aliphatic carbocycles. The summed E-state index contributed by atoms with van der Waals surface area (Å²) in [6.07, 6.45) is 5.45. The van der Waals surface area contributed by atoms with E-state index in [1.54, 1.807) is 0 Å². The maximum absolute atomic E-state index is 6.27. The first kappa shape index (κ1) is 24.5. The van der Waals surface area contributed by atoms with E-state index in [2.05, 4.69) is 61.8 Å². The SMILES string of the molecule is C=CC1=C(N2CCC(Cc3ccccc3)CC2)C(NN)C(N2CCOCC2)N=C1N1CC[OH+]CC1. The summed E-state index contributed by atoms with van der Waals surface area (Å²) in [5, 5.41) is 0. The number of morpholine rings is 2. The van der Waals surface area contributed by atoms with E-state index < -0.39 is 0 Å². The molecule has 2 atom stereocenters. The van der Waals surface area contributed by atoms with Gasteiger partial charge < -0.3 is 19.3 Å². The van der Waals surface area contributed by atoms with Crippen molar-refractivity contribution in [2.45, 2.75) is 31.5 Å². The lowest BCUT2D eigenvalue weighted by Crippen LogP contribution is -2.61. The van der Waals surface area contributed by atoms with E-state index in [1.807, 2.05) is 6.08 Å². The van der Waals surface area contributed by atoms with Gasteiger partial charge in [0.05, 0.1) is 32.3 Å². The van der Waals surface area contributed by atoms with Crippen molar-refractivity contribution in [2.24, 2.45) is 16.8 Å². The van der Waals surface area contributed by atoms with Crippen LogP contribution in [0.3, 0.4) is 0 Å². The zero-order chi connectivity index (χ0) is 24.0. The predicted octanol–water partition coefficient (Wildman–Crippen LogP) is 1.13. The highest BCUT2D eigenvalue weighted by molar-refractivity contribution is 6.02. The van der Waals surface area contributed by atoms with Crippen LogP contribution in [-0.2, 0) is 11.2 Å². The minimum absolute atomic E-state index is 0.0569. The maximum atomic E-state index is 6.27. The van der Waals surface area contributed by atoms with Crippen molar-refractivity contribution in [3.05, 3.63) is 59.8 Å². The van der Waals surface area contributed by atoms with Gasteiger partial charge in [0.25, 0.3) is 0 Å². The van der Waals surface area contributed by atoms with Crippen LogP contribution in [0.15, 0.2) is 59.2 Å². The minimum Gasteiger partial charge on any atom is -0.431 e. The first-order valence-electron chi connectivity index (χ1n) is 13.2. The summed E-state index contributed by atoms with van der Waals surface area (Å²) in [4.78, 5) is 12.7. The number of amidine groups is 1. The van der Waals surface area contributed by atoms with Crippen LogP contribution in [0.4, 0.5) is 0 Å². The third kappa shape index (κ3) is 5.47. The average molecular weight is 482 g/mol. The highest BCUT2D eigenvalue weighted by atomic mass is 16.5. The number of aliphatic imine (C=N–C) groups is 1. The summed E-state index contributed by atoms with van der Waals surface area (Å²) < 4.78 is 10.2. The zero-order valence-corrected chi connectivity index (χ0v) is 20.8. The number of hydrazine groups is 1. The molecular formula is C27H41N6O2+. The topological polar surface area (TPSA) is 82.2 Å². The molecule has 2 unspecified atom stereocenters. The monoisotopic (exact) mass is 481 g/mol. The van der Waals surface area contributed by atoms with Crippen LogP contribution in [-0.4, -0.2) is 103 Å². The number of nitrogens with two attached hydrogens (primary N) is 1. The fraction of sp³-hybridized carbons (Fsp3) is 0.593. The molecule has 190 valence electrons. The fourth-order valence-electron chi connectivity index (χ4n) is 5.95. The zero-order valence-electron chi connectivity index (χ0n) is 20.8. The first-order valence-corrected chi connectivity index (χ1v) is 13.2. The summed E-state index contributed by atoms with van der Waals surface area (Å²) in [7, 11) is 0. The Hall–Kier alpha value is -2.23. The Kier molecular flexibility index (Phi) is 8.16. The molecule has 1 aromatic carbocycles. The average Bonchev–Trinajstić information content (AvgIpc) is 2.94. The van der Waals surface area contributed by atoms with Gasteiger partial charge in [0.1, 0.15) is 12.0 Å². The molecule has 3 saturated heterocycles. The molecule has 4 aliphatic heterocycles.